The standard InChI is InChI=1S/C15H19BrN2O4/c1-3-22-15(19)11-5-4-6-17(9-11)14-10(2)7-12(18(20)21)8-13(14)16/h7-8,11H,3-6,9H2,1-2H3. The summed E-state index contributed by atoms with van der Waals surface area (Å²) in [6.45, 7) is 5.44. The number of hydrogen-bond acceptors (Lipinski definition) is 5. The van der Waals surface area contributed by atoms with Gasteiger partial charge in [-0.1, -0.05) is 0 Å². The maximum Gasteiger partial charge on any atom is 0.310 e. The molecule has 0 amide bonds. The Kier molecular flexibility index (Phi) is 5.39. The minimum atomic E-state index is -0.404. The number of ether oxygens (including phenoxy) is 1. The molecule has 0 bridgehead atoms. The largest absolute Gasteiger partial charge is 0.466 e. The van der Waals surface area contributed by atoms with Crippen LogP contribution in [0.15, 0.2) is 16.6 Å². The van der Waals surface area contributed by atoms with Crippen molar-refractivity contribution in [2.75, 3.05) is 24.6 Å². The molecule has 1 aliphatic heterocycles. The van der Waals surface area contributed by atoms with E-state index in [0.717, 1.165) is 30.6 Å². The molecule has 1 aliphatic rings. The molecule has 120 valence electrons. The van der Waals surface area contributed by atoms with Crippen LogP contribution in [0.5, 0.6) is 0 Å². The second-order valence-electron chi connectivity index (χ2n) is 5.39. The average molecular weight is 371 g/mol. The third-order valence-corrected chi connectivity index (χ3v) is 4.41. The topological polar surface area (TPSA) is 72.7 Å². The fourth-order valence-electron chi connectivity index (χ4n) is 2.86. The number of rotatable bonds is 4. The Morgan fingerprint density at radius 1 is 1.55 bits per heavy atom. The minimum absolute atomic E-state index is 0.0621. The molecule has 1 unspecified atom stereocenters. The molecular formula is C15H19BrN2O4. The summed E-state index contributed by atoms with van der Waals surface area (Å²) < 4.78 is 5.79. The maximum atomic E-state index is 11.9. The van der Waals surface area contributed by atoms with E-state index in [1.54, 1.807) is 13.0 Å². The minimum Gasteiger partial charge on any atom is -0.466 e. The van der Waals surface area contributed by atoms with Gasteiger partial charge in [0.15, 0.2) is 0 Å². The zero-order valence-electron chi connectivity index (χ0n) is 12.7. The van der Waals surface area contributed by atoms with Crippen molar-refractivity contribution < 1.29 is 14.5 Å². The van der Waals surface area contributed by atoms with E-state index in [4.69, 9.17) is 4.74 Å². The SMILES string of the molecule is CCOC(=O)C1CCCN(c2c(C)cc([N+](=O)[O-])cc2Br)C1. The molecule has 1 heterocycles. The van der Waals surface area contributed by atoms with Gasteiger partial charge in [-0.3, -0.25) is 14.9 Å². The fraction of sp³-hybridized carbons (Fsp3) is 0.533. The van der Waals surface area contributed by atoms with Crippen LogP contribution >= 0.6 is 15.9 Å². The van der Waals surface area contributed by atoms with Crippen LogP contribution in [0.2, 0.25) is 0 Å². The van der Waals surface area contributed by atoms with Crippen molar-refractivity contribution in [2.45, 2.75) is 26.7 Å². The van der Waals surface area contributed by atoms with E-state index in [1.165, 1.54) is 6.07 Å². The van der Waals surface area contributed by atoms with E-state index in [2.05, 4.69) is 20.8 Å². The lowest BCUT2D eigenvalue weighted by Gasteiger charge is -2.34. The zero-order chi connectivity index (χ0) is 16.3. The van der Waals surface area contributed by atoms with Gasteiger partial charge >= 0.3 is 5.97 Å². The number of esters is 1. The van der Waals surface area contributed by atoms with E-state index >= 15 is 0 Å². The summed E-state index contributed by atoms with van der Waals surface area (Å²) >= 11 is 3.43. The van der Waals surface area contributed by atoms with Crippen LogP contribution in [0.3, 0.4) is 0 Å². The number of piperidine rings is 1. The quantitative estimate of drug-likeness (QED) is 0.461. The maximum absolute atomic E-state index is 11.9. The first-order valence-electron chi connectivity index (χ1n) is 7.30. The van der Waals surface area contributed by atoms with Gasteiger partial charge in [0.25, 0.3) is 5.69 Å². The number of aryl methyl sites for hydroxylation is 1. The van der Waals surface area contributed by atoms with E-state index in [1.807, 2.05) is 6.92 Å². The van der Waals surface area contributed by atoms with Gasteiger partial charge in [0.05, 0.1) is 23.1 Å². The van der Waals surface area contributed by atoms with Crippen molar-refractivity contribution in [2.24, 2.45) is 5.92 Å². The molecule has 1 fully saturated rings. The first kappa shape index (κ1) is 16.7. The summed E-state index contributed by atoms with van der Waals surface area (Å²) in [7, 11) is 0. The van der Waals surface area contributed by atoms with E-state index in [9.17, 15) is 14.9 Å². The normalized spacial score (nSPS) is 18.1. The number of nitrogens with zero attached hydrogens (tertiary/aromatic N) is 2. The molecular weight excluding hydrogens is 352 g/mol. The van der Waals surface area contributed by atoms with Gasteiger partial charge in [0.1, 0.15) is 0 Å². The summed E-state index contributed by atoms with van der Waals surface area (Å²) in [4.78, 5) is 24.6. The van der Waals surface area contributed by atoms with Crippen molar-refractivity contribution in [3.05, 3.63) is 32.3 Å². The van der Waals surface area contributed by atoms with Gasteiger partial charge in [-0.2, -0.15) is 0 Å². The van der Waals surface area contributed by atoms with Crippen LogP contribution in [0.4, 0.5) is 11.4 Å². The van der Waals surface area contributed by atoms with Gasteiger partial charge in [0, 0.05) is 29.7 Å². The van der Waals surface area contributed by atoms with Crippen LogP contribution in [0, 0.1) is 23.0 Å². The lowest BCUT2D eigenvalue weighted by Crippen LogP contribution is -2.40. The molecule has 0 spiro atoms. The predicted octanol–water partition coefficient (Wildman–Crippen LogP) is 3.45. The summed E-state index contributed by atoms with van der Waals surface area (Å²) in [5, 5.41) is 10.9. The highest BCUT2D eigenvalue weighted by Gasteiger charge is 2.29. The molecule has 22 heavy (non-hydrogen) atoms. The van der Waals surface area contributed by atoms with Crippen LogP contribution in [0.25, 0.3) is 0 Å². The third-order valence-electron chi connectivity index (χ3n) is 3.81. The number of benzene rings is 1. The lowest BCUT2D eigenvalue weighted by atomic mass is 9.97. The van der Waals surface area contributed by atoms with E-state index in [0.29, 0.717) is 17.6 Å². The first-order valence-corrected chi connectivity index (χ1v) is 8.09. The van der Waals surface area contributed by atoms with Crippen molar-refractivity contribution in [3.63, 3.8) is 0 Å². The molecule has 0 aromatic heterocycles. The Balaban J connectivity index is 2.24. The van der Waals surface area contributed by atoms with Crippen molar-refractivity contribution >= 4 is 33.3 Å². The number of nitro benzene ring substituents is 1. The Morgan fingerprint density at radius 2 is 2.27 bits per heavy atom. The summed E-state index contributed by atoms with van der Waals surface area (Å²) in [6.07, 6.45) is 1.71. The van der Waals surface area contributed by atoms with Crippen LogP contribution in [-0.4, -0.2) is 30.6 Å². The molecule has 7 heteroatoms. The predicted molar refractivity (Wildman–Crippen MR) is 87.1 cm³/mol. The molecule has 0 radical (unpaired) electrons. The molecule has 1 atom stereocenters. The highest BCUT2D eigenvalue weighted by atomic mass is 79.9. The number of carbonyl (C=O) groups is 1. The first-order chi connectivity index (χ1) is 10.4. The Bertz CT molecular complexity index is 568. The molecule has 1 aromatic carbocycles. The Hall–Kier alpha value is -1.63. The van der Waals surface area contributed by atoms with Crippen LogP contribution < -0.4 is 4.90 Å². The molecule has 0 saturated carbocycles. The van der Waals surface area contributed by atoms with E-state index in [-0.39, 0.29) is 17.6 Å². The molecule has 2 rings (SSSR count). The number of carbonyl (C=O) groups excluding carboxylic acids is 1. The van der Waals surface area contributed by atoms with Crippen molar-refractivity contribution in [1.29, 1.82) is 0 Å². The van der Waals surface area contributed by atoms with E-state index < -0.39 is 4.92 Å². The Labute approximate surface area is 137 Å². The van der Waals surface area contributed by atoms with Gasteiger partial charge < -0.3 is 9.64 Å². The van der Waals surface area contributed by atoms with Gasteiger partial charge in [-0.15, -0.1) is 0 Å². The second-order valence-corrected chi connectivity index (χ2v) is 6.24. The fourth-order valence-corrected chi connectivity index (χ4v) is 3.66. The summed E-state index contributed by atoms with van der Waals surface area (Å²) in [5.41, 5.74) is 1.80. The second kappa shape index (κ2) is 7.09. The number of halogens is 1. The zero-order valence-corrected chi connectivity index (χ0v) is 14.3. The summed E-state index contributed by atoms with van der Waals surface area (Å²) in [5.74, 6) is -0.307. The molecule has 1 saturated heterocycles. The molecule has 0 N–H and O–H groups in total. The highest BCUT2D eigenvalue weighted by molar-refractivity contribution is 9.10. The highest BCUT2D eigenvalue weighted by Crippen LogP contribution is 2.36. The molecule has 6 nitrogen and oxygen atoms in total. The average Bonchev–Trinajstić information content (AvgIpc) is 2.47. The van der Waals surface area contributed by atoms with Crippen molar-refractivity contribution in [3.8, 4) is 0 Å². The monoisotopic (exact) mass is 370 g/mol. The molecule has 1 aromatic rings. The van der Waals surface area contributed by atoms with Gasteiger partial charge in [-0.05, 0) is 48.2 Å². The number of hydrogen-bond donors (Lipinski definition) is 0. The van der Waals surface area contributed by atoms with Crippen LogP contribution in [0.1, 0.15) is 25.3 Å². The lowest BCUT2D eigenvalue weighted by molar-refractivity contribution is -0.385. The van der Waals surface area contributed by atoms with Crippen molar-refractivity contribution in [1.82, 2.24) is 0 Å². The third kappa shape index (κ3) is 3.58. The number of nitro groups is 1. The van der Waals surface area contributed by atoms with Gasteiger partial charge in [-0.25, -0.2) is 0 Å². The number of anilines is 1. The van der Waals surface area contributed by atoms with Gasteiger partial charge in [0.2, 0.25) is 0 Å². The summed E-state index contributed by atoms with van der Waals surface area (Å²) in [6, 6.07) is 3.07. The smallest absolute Gasteiger partial charge is 0.310 e. The Morgan fingerprint density at radius 3 is 2.86 bits per heavy atom. The van der Waals surface area contributed by atoms with Crippen LogP contribution in [-0.2, 0) is 9.53 Å². The molecule has 0 aliphatic carbocycles. The number of non-ortho nitro benzene ring substituents is 1.